The Morgan fingerprint density at radius 3 is 2.69 bits per heavy atom. The molecule has 0 aliphatic carbocycles. The summed E-state index contributed by atoms with van der Waals surface area (Å²) in [5.74, 6) is 0.890. The molecule has 0 spiro atoms. The van der Waals surface area contributed by atoms with Crippen molar-refractivity contribution in [1.29, 1.82) is 0 Å². The number of hydrogen-bond donors (Lipinski definition) is 2. The molecular weight excluding hydrogens is 368 g/mol. The third-order valence-electron chi connectivity index (χ3n) is 5.06. The summed E-state index contributed by atoms with van der Waals surface area (Å²) in [5.41, 5.74) is 2.37. The molecular formula is C22H24N4O3. The van der Waals surface area contributed by atoms with Crippen LogP contribution in [0.15, 0.2) is 53.1 Å². The van der Waals surface area contributed by atoms with E-state index in [0.717, 1.165) is 49.3 Å². The minimum atomic E-state index is -0.314. The molecule has 0 unspecified atom stereocenters. The van der Waals surface area contributed by atoms with Gasteiger partial charge in [0, 0.05) is 12.1 Å². The molecule has 7 heteroatoms. The molecule has 0 bridgehead atoms. The van der Waals surface area contributed by atoms with Gasteiger partial charge in [0.15, 0.2) is 0 Å². The van der Waals surface area contributed by atoms with Gasteiger partial charge in [-0.15, -0.1) is 0 Å². The van der Waals surface area contributed by atoms with Crippen LogP contribution in [0.4, 0.5) is 0 Å². The average Bonchev–Trinajstić information content (AvgIpc) is 3.33. The molecule has 0 saturated carbocycles. The van der Waals surface area contributed by atoms with Crippen molar-refractivity contribution in [2.24, 2.45) is 0 Å². The van der Waals surface area contributed by atoms with E-state index in [1.165, 1.54) is 0 Å². The number of furan rings is 1. The fourth-order valence-corrected chi connectivity index (χ4v) is 3.61. The Bertz CT molecular complexity index is 977. The maximum atomic E-state index is 12.8. The molecule has 3 heterocycles. The number of fused-ring (bicyclic) bond motifs is 1. The highest BCUT2D eigenvalue weighted by Crippen LogP contribution is 2.27. The maximum Gasteiger partial charge on any atom is 0.272 e. The molecule has 2 amide bonds. The lowest BCUT2D eigenvalue weighted by atomic mass is 10.1. The van der Waals surface area contributed by atoms with Crippen LogP contribution in [0.3, 0.4) is 0 Å². The van der Waals surface area contributed by atoms with E-state index in [4.69, 9.17) is 4.42 Å². The monoisotopic (exact) mass is 392 g/mol. The van der Waals surface area contributed by atoms with E-state index in [1.807, 2.05) is 30.3 Å². The van der Waals surface area contributed by atoms with Crippen LogP contribution in [-0.2, 0) is 24.3 Å². The topological polar surface area (TPSA) is 89.2 Å². The van der Waals surface area contributed by atoms with Crippen LogP contribution in [0, 0.1) is 0 Å². The molecule has 0 fully saturated rings. The minimum absolute atomic E-state index is 0.105. The first-order chi connectivity index (χ1) is 14.2. The number of imidazole rings is 1. The molecule has 0 radical (unpaired) electrons. The number of nitrogens with one attached hydrogen (secondary N) is 2. The SMILES string of the molecule is O=C(CNC(=O)c1nc(-c2ccccc2)n2c1CCCCC2)NCc1ccco1. The van der Waals surface area contributed by atoms with Gasteiger partial charge >= 0.3 is 0 Å². The number of amides is 2. The summed E-state index contributed by atoms with van der Waals surface area (Å²) in [7, 11) is 0. The van der Waals surface area contributed by atoms with E-state index in [0.29, 0.717) is 18.0 Å². The molecule has 1 aliphatic heterocycles. The van der Waals surface area contributed by atoms with E-state index in [-0.39, 0.29) is 18.4 Å². The number of aromatic nitrogens is 2. The fourth-order valence-electron chi connectivity index (χ4n) is 3.61. The molecule has 0 atom stereocenters. The highest BCUT2D eigenvalue weighted by molar-refractivity contribution is 5.96. The minimum Gasteiger partial charge on any atom is -0.467 e. The van der Waals surface area contributed by atoms with Crippen LogP contribution < -0.4 is 10.6 Å². The Morgan fingerprint density at radius 2 is 1.90 bits per heavy atom. The van der Waals surface area contributed by atoms with Crippen molar-refractivity contribution >= 4 is 11.8 Å². The van der Waals surface area contributed by atoms with Gasteiger partial charge in [0.25, 0.3) is 5.91 Å². The molecule has 1 aliphatic rings. The van der Waals surface area contributed by atoms with Crippen LogP contribution in [-0.4, -0.2) is 27.9 Å². The third kappa shape index (κ3) is 4.39. The third-order valence-corrected chi connectivity index (χ3v) is 5.06. The summed E-state index contributed by atoms with van der Waals surface area (Å²) in [6.45, 7) is 1.04. The molecule has 7 nitrogen and oxygen atoms in total. The summed E-state index contributed by atoms with van der Waals surface area (Å²) < 4.78 is 7.34. The van der Waals surface area contributed by atoms with Crippen LogP contribution in [0.1, 0.15) is 41.2 Å². The molecule has 29 heavy (non-hydrogen) atoms. The van der Waals surface area contributed by atoms with Crippen LogP contribution in [0.5, 0.6) is 0 Å². The molecule has 0 saturated heterocycles. The van der Waals surface area contributed by atoms with Crippen molar-refractivity contribution < 1.29 is 14.0 Å². The Labute approximate surface area is 169 Å². The van der Waals surface area contributed by atoms with E-state index in [9.17, 15) is 9.59 Å². The molecule has 2 aromatic heterocycles. The van der Waals surface area contributed by atoms with E-state index in [1.54, 1.807) is 18.4 Å². The Hall–Kier alpha value is -3.35. The van der Waals surface area contributed by atoms with Gasteiger partial charge in [0.2, 0.25) is 5.91 Å². The number of carbonyl (C=O) groups excluding carboxylic acids is 2. The zero-order chi connectivity index (χ0) is 20.1. The predicted octanol–water partition coefficient (Wildman–Crippen LogP) is 2.92. The van der Waals surface area contributed by atoms with E-state index >= 15 is 0 Å². The van der Waals surface area contributed by atoms with E-state index < -0.39 is 0 Å². The van der Waals surface area contributed by atoms with Crippen LogP contribution in [0.2, 0.25) is 0 Å². The second-order valence-corrected chi connectivity index (χ2v) is 7.10. The lowest BCUT2D eigenvalue weighted by Crippen LogP contribution is -2.37. The van der Waals surface area contributed by atoms with Gasteiger partial charge < -0.3 is 19.6 Å². The largest absolute Gasteiger partial charge is 0.467 e. The van der Waals surface area contributed by atoms with Gasteiger partial charge in [0.05, 0.1) is 25.0 Å². The van der Waals surface area contributed by atoms with Crippen molar-refractivity contribution in [1.82, 2.24) is 20.2 Å². The van der Waals surface area contributed by atoms with Gasteiger partial charge in [-0.2, -0.15) is 0 Å². The van der Waals surface area contributed by atoms with Crippen LogP contribution >= 0.6 is 0 Å². The zero-order valence-corrected chi connectivity index (χ0v) is 16.2. The first-order valence-electron chi connectivity index (χ1n) is 9.94. The van der Waals surface area contributed by atoms with E-state index in [2.05, 4.69) is 20.2 Å². The summed E-state index contributed by atoms with van der Waals surface area (Å²) in [4.78, 5) is 29.5. The fraction of sp³-hybridized carbons (Fsp3) is 0.318. The summed E-state index contributed by atoms with van der Waals surface area (Å²) in [6.07, 6.45) is 5.60. The van der Waals surface area contributed by atoms with Crippen molar-refractivity contribution in [2.45, 2.75) is 38.8 Å². The van der Waals surface area contributed by atoms with Gasteiger partial charge in [-0.05, 0) is 31.4 Å². The number of benzene rings is 1. The first-order valence-corrected chi connectivity index (χ1v) is 9.94. The highest BCUT2D eigenvalue weighted by atomic mass is 16.3. The van der Waals surface area contributed by atoms with Crippen molar-refractivity contribution in [3.63, 3.8) is 0 Å². The van der Waals surface area contributed by atoms with Gasteiger partial charge in [-0.1, -0.05) is 36.8 Å². The van der Waals surface area contributed by atoms with Crippen molar-refractivity contribution in [3.8, 4) is 11.4 Å². The Balaban J connectivity index is 1.47. The van der Waals surface area contributed by atoms with Gasteiger partial charge in [-0.3, -0.25) is 9.59 Å². The molecule has 3 aromatic rings. The average molecular weight is 392 g/mol. The number of rotatable bonds is 6. The maximum absolute atomic E-state index is 12.8. The molecule has 2 N–H and O–H groups in total. The quantitative estimate of drug-likeness (QED) is 0.675. The Morgan fingerprint density at radius 1 is 1.03 bits per heavy atom. The number of hydrogen-bond acceptors (Lipinski definition) is 4. The molecule has 1 aromatic carbocycles. The summed E-state index contributed by atoms with van der Waals surface area (Å²) in [5, 5.41) is 5.43. The zero-order valence-electron chi connectivity index (χ0n) is 16.2. The smallest absolute Gasteiger partial charge is 0.272 e. The lowest BCUT2D eigenvalue weighted by molar-refractivity contribution is -0.120. The van der Waals surface area contributed by atoms with Crippen molar-refractivity contribution in [3.05, 3.63) is 65.9 Å². The predicted molar refractivity (Wildman–Crippen MR) is 108 cm³/mol. The second kappa shape index (κ2) is 8.77. The highest BCUT2D eigenvalue weighted by Gasteiger charge is 2.24. The normalized spacial score (nSPS) is 13.4. The Kier molecular flexibility index (Phi) is 5.74. The number of carbonyl (C=O) groups is 2. The second-order valence-electron chi connectivity index (χ2n) is 7.10. The molecule has 4 rings (SSSR count). The molecule has 150 valence electrons. The first kappa shape index (κ1) is 19.0. The van der Waals surface area contributed by atoms with Gasteiger partial charge in [0.1, 0.15) is 17.3 Å². The van der Waals surface area contributed by atoms with Crippen molar-refractivity contribution in [2.75, 3.05) is 6.54 Å². The standard InChI is InChI=1S/C22H24N4O3/c27-19(23-14-17-10-7-13-29-17)15-24-22(28)20-18-11-5-2-6-12-26(18)21(25-20)16-8-3-1-4-9-16/h1,3-4,7-10,13H,2,5-6,11-12,14-15H2,(H,23,27)(H,24,28). The lowest BCUT2D eigenvalue weighted by Gasteiger charge is -2.09. The summed E-state index contributed by atoms with van der Waals surface area (Å²) in [6, 6.07) is 13.5. The van der Waals surface area contributed by atoms with Gasteiger partial charge in [-0.25, -0.2) is 4.98 Å². The summed E-state index contributed by atoms with van der Waals surface area (Å²) >= 11 is 0. The van der Waals surface area contributed by atoms with Crippen LogP contribution in [0.25, 0.3) is 11.4 Å². The number of nitrogens with zero attached hydrogens (tertiary/aromatic N) is 2.